The van der Waals surface area contributed by atoms with Crippen molar-refractivity contribution < 1.29 is 0 Å². The summed E-state index contributed by atoms with van der Waals surface area (Å²) >= 11 is 1.84. The van der Waals surface area contributed by atoms with Crippen molar-refractivity contribution in [1.82, 2.24) is 9.38 Å². The summed E-state index contributed by atoms with van der Waals surface area (Å²) in [7, 11) is 0. The number of aromatic nitrogens is 2. The third-order valence-corrected chi connectivity index (χ3v) is 4.69. The molecule has 3 heteroatoms. The first-order valence-electron chi connectivity index (χ1n) is 6.55. The van der Waals surface area contributed by atoms with Gasteiger partial charge in [0.2, 0.25) is 0 Å². The molecule has 0 spiro atoms. The van der Waals surface area contributed by atoms with Crippen molar-refractivity contribution in [2.45, 2.75) is 52.9 Å². The van der Waals surface area contributed by atoms with Gasteiger partial charge in [-0.05, 0) is 39.0 Å². The van der Waals surface area contributed by atoms with Gasteiger partial charge in [-0.1, -0.05) is 13.8 Å². The molecule has 1 aliphatic rings. The molecular weight excluding hydrogens is 228 g/mol. The van der Waals surface area contributed by atoms with Crippen LogP contribution in [0.3, 0.4) is 0 Å². The van der Waals surface area contributed by atoms with Gasteiger partial charge in [0, 0.05) is 22.2 Å². The van der Waals surface area contributed by atoms with E-state index in [0.29, 0.717) is 5.92 Å². The van der Waals surface area contributed by atoms with Crippen molar-refractivity contribution in [3.63, 3.8) is 0 Å². The van der Waals surface area contributed by atoms with Crippen LogP contribution in [0.1, 0.15) is 54.6 Å². The van der Waals surface area contributed by atoms with Crippen LogP contribution in [-0.2, 0) is 6.42 Å². The first-order valence-corrected chi connectivity index (χ1v) is 7.36. The van der Waals surface area contributed by atoms with E-state index in [4.69, 9.17) is 4.98 Å². The number of imidazole rings is 1. The maximum absolute atomic E-state index is 4.89. The molecule has 2 aromatic rings. The normalized spacial score (nSPS) is 16.3. The molecule has 92 valence electrons. The zero-order valence-corrected chi connectivity index (χ0v) is 11.9. The molecule has 0 aromatic carbocycles. The molecule has 1 aliphatic carbocycles. The Balaban J connectivity index is 2.19. The molecule has 17 heavy (non-hydrogen) atoms. The van der Waals surface area contributed by atoms with E-state index in [1.54, 1.807) is 0 Å². The summed E-state index contributed by atoms with van der Waals surface area (Å²) in [5.74, 6) is 1.46. The number of thiazole rings is 1. The molecule has 0 saturated heterocycles. The van der Waals surface area contributed by atoms with Crippen molar-refractivity contribution in [1.29, 1.82) is 0 Å². The number of aryl methyl sites for hydroxylation is 2. The van der Waals surface area contributed by atoms with Crippen LogP contribution in [0.4, 0.5) is 0 Å². The van der Waals surface area contributed by atoms with Crippen molar-refractivity contribution in [2.24, 2.45) is 5.92 Å². The molecule has 0 unspecified atom stereocenters. The summed E-state index contributed by atoms with van der Waals surface area (Å²) in [6, 6.07) is 0. The van der Waals surface area contributed by atoms with E-state index < -0.39 is 0 Å². The van der Waals surface area contributed by atoms with E-state index in [1.807, 2.05) is 11.3 Å². The van der Waals surface area contributed by atoms with E-state index in [0.717, 1.165) is 12.3 Å². The molecule has 0 N–H and O–H groups in total. The number of fused-ring (bicyclic) bond motifs is 1. The zero-order valence-electron chi connectivity index (χ0n) is 11.1. The lowest BCUT2D eigenvalue weighted by Crippen LogP contribution is -2.02. The molecule has 0 amide bonds. The second-order valence-electron chi connectivity index (χ2n) is 5.68. The second-order valence-corrected chi connectivity index (χ2v) is 6.86. The summed E-state index contributed by atoms with van der Waals surface area (Å²) in [4.78, 5) is 7.50. The molecule has 0 aliphatic heterocycles. The topological polar surface area (TPSA) is 17.3 Å². The fraction of sp³-hybridized carbons (Fsp3) is 0.643. The Labute approximate surface area is 107 Å². The second kappa shape index (κ2) is 3.84. The summed E-state index contributed by atoms with van der Waals surface area (Å²) < 4.78 is 2.41. The minimum atomic E-state index is 0.701. The van der Waals surface area contributed by atoms with Crippen LogP contribution in [0.25, 0.3) is 4.96 Å². The number of hydrogen-bond acceptors (Lipinski definition) is 2. The number of nitrogens with zero attached hydrogens (tertiary/aromatic N) is 2. The lowest BCUT2D eigenvalue weighted by molar-refractivity contribution is 0.625. The largest absolute Gasteiger partial charge is 0.291 e. The van der Waals surface area contributed by atoms with E-state index in [1.165, 1.54) is 39.8 Å². The van der Waals surface area contributed by atoms with E-state index in [-0.39, 0.29) is 0 Å². The standard InChI is InChI=1S/C14H20N2S/c1-8(2)7-12-13(11-5-6-11)15-14-16(12)9(3)10(4)17-14/h8,11H,5-7H2,1-4H3. The molecule has 3 rings (SSSR count). The van der Waals surface area contributed by atoms with Crippen LogP contribution in [0.2, 0.25) is 0 Å². The molecule has 2 aromatic heterocycles. The Morgan fingerprint density at radius 3 is 2.65 bits per heavy atom. The molecule has 2 nitrogen and oxygen atoms in total. The van der Waals surface area contributed by atoms with Gasteiger partial charge in [0.15, 0.2) is 4.96 Å². The molecule has 0 radical (unpaired) electrons. The Hall–Kier alpha value is -0.830. The van der Waals surface area contributed by atoms with Gasteiger partial charge in [-0.2, -0.15) is 0 Å². The quantitative estimate of drug-likeness (QED) is 0.799. The van der Waals surface area contributed by atoms with Gasteiger partial charge in [0.25, 0.3) is 0 Å². The van der Waals surface area contributed by atoms with Gasteiger partial charge in [0.05, 0.1) is 5.69 Å². The molecule has 1 saturated carbocycles. The highest BCUT2D eigenvalue weighted by Gasteiger charge is 2.31. The fourth-order valence-corrected chi connectivity index (χ4v) is 3.49. The van der Waals surface area contributed by atoms with Gasteiger partial charge in [0.1, 0.15) is 0 Å². The van der Waals surface area contributed by atoms with Gasteiger partial charge >= 0.3 is 0 Å². The molecular formula is C14H20N2S. The Morgan fingerprint density at radius 1 is 1.35 bits per heavy atom. The lowest BCUT2D eigenvalue weighted by atomic mass is 10.0. The van der Waals surface area contributed by atoms with Gasteiger partial charge in [-0.25, -0.2) is 4.98 Å². The van der Waals surface area contributed by atoms with Crippen LogP contribution < -0.4 is 0 Å². The van der Waals surface area contributed by atoms with Gasteiger partial charge in [-0.3, -0.25) is 4.40 Å². The smallest absolute Gasteiger partial charge is 0.194 e. The Kier molecular flexibility index (Phi) is 2.54. The summed E-state index contributed by atoms with van der Waals surface area (Å²) in [5.41, 5.74) is 4.27. The summed E-state index contributed by atoms with van der Waals surface area (Å²) in [6.45, 7) is 9.01. The first kappa shape index (κ1) is 11.3. The summed E-state index contributed by atoms with van der Waals surface area (Å²) in [5, 5.41) is 0. The lowest BCUT2D eigenvalue weighted by Gasteiger charge is -2.07. The van der Waals surface area contributed by atoms with Crippen molar-refractivity contribution in [3.8, 4) is 0 Å². The highest BCUT2D eigenvalue weighted by molar-refractivity contribution is 7.17. The molecule has 1 fully saturated rings. The van der Waals surface area contributed by atoms with Crippen molar-refractivity contribution in [2.75, 3.05) is 0 Å². The zero-order chi connectivity index (χ0) is 12.2. The van der Waals surface area contributed by atoms with E-state index >= 15 is 0 Å². The monoisotopic (exact) mass is 248 g/mol. The van der Waals surface area contributed by atoms with Gasteiger partial charge < -0.3 is 0 Å². The minimum Gasteiger partial charge on any atom is -0.291 e. The summed E-state index contributed by atoms with van der Waals surface area (Å²) in [6.07, 6.45) is 3.84. The van der Waals surface area contributed by atoms with Crippen LogP contribution in [-0.4, -0.2) is 9.38 Å². The van der Waals surface area contributed by atoms with Crippen LogP contribution in [0.5, 0.6) is 0 Å². The van der Waals surface area contributed by atoms with E-state index in [9.17, 15) is 0 Å². The van der Waals surface area contributed by atoms with E-state index in [2.05, 4.69) is 32.1 Å². The fourth-order valence-electron chi connectivity index (χ4n) is 2.50. The van der Waals surface area contributed by atoms with Crippen LogP contribution >= 0.6 is 11.3 Å². The SMILES string of the molecule is Cc1sc2nc(C3CC3)c(CC(C)C)n2c1C. The molecule has 0 atom stereocenters. The predicted octanol–water partition coefficient (Wildman–Crippen LogP) is 4.09. The van der Waals surface area contributed by atoms with Crippen molar-refractivity contribution >= 4 is 16.3 Å². The average molecular weight is 248 g/mol. The highest BCUT2D eigenvalue weighted by Crippen LogP contribution is 2.43. The number of rotatable bonds is 3. The maximum atomic E-state index is 4.89. The Morgan fingerprint density at radius 2 is 2.06 bits per heavy atom. The molecule has 0 bridgehead atoms. The first-order chi connectivity index (χ1) is 8.08. The van der Waals surface area contributed by atoms with Crippen molar-refractivity contribution in [3.05, 3.63) is 22.0 Å². The van der Waals surface area contributed by atoms with Gasteiger partial charge in [-0.15, -0.1) is 11.3 Å². The Bertz CT molecular complexity index is 558. The minimum absolute atomic E-state index is 0.701. The highest BCUT2D eigenvalue weighted by atomic mass is 32.1. The average Bonchev–Trinajstić information content (AvgIpc) is 2.97. The molecule has 2 heterocycles. The third-order valence-electron chi connectivity index (χ3n) is 3.63. The van der Waals surface area contributed by atoms with Crippen LogP contribution in [0.15, 0.2) is 0 Å². The third kappa shape index (κ3) is 1.81. The predicted molar refractivity (Wildman–Crippen MR) is 73.1 cm³/mol. The number of hydrogen-bond donors (Lipinski definition) is 0. The maximum Gasteiger partial charge on any atom is 0.194 e. The van der Waals surface area contributed by atoms with Crippen LogP contribution in [0, 0.1) is 19.8 Å².